The summed E-state index contributed by atoms with van der Waals surface area (Å²) in [6.45, 7) is 0. The number of hydrogen-bond acceptors (Lipinski definition) is 6. The van der Waals surface area contributed by atoms with Gasteiger partial charge in [0.2, 0.25) is 0 Å². The minimum absolute atomic E-state index is 0.112. The van der Waals surface area contributed by atoms with Crippen molar-refractivity contribution in [3.63, 3.8) is 0 Å². The summed E-state index contributed by atoms with van der Waals surface area (Å²) < 4.78 is 0. The molecule has 1 aliphatic carbocycles. The van der Waals surface area contributed by atoms with Crippen LogP contribution in [0.25, 0.3) is 0 Å². The van der Waals surface area contributed by atoms with E-state index >= 15 is 0 Å². The first kappa shape index (κ1) is 10.0. The first-order valence-electron chi connectivity index (χ1n) is 3.31. The van der Waals surface area contributed by atoms with E-state index in [9.17, 15) is 10.2 Å². The molecule has 0 aromatic carbocycles. The third kappa shape index (κ3) is 1.66. The molecule has 0 heterocycles. The lowest BCUT2D eigenvalue weighted by Gasteiger charge is -2.36. The van der Waals surface area contributed by atoms with Crippen LogP contribution in [0.2, 0.25) is 0 Å². The highest BCUT2D eigenvalue weighted by atomic mass is 32.1. The highest BCUT2D eigenvalue weighted by Gasteiger charge is 2.44. The van der Waals surface area contributed by atoms with E-state index in [-0.39, 0.29) is 24.3 Å². The zero-order valence-corrected chi connectivity index (χ0v) is 7.99. The van der Waals surface area contributed by atoms with Crippen molar-refractivity contribution in [1.82, 2.24) is 0 Å². The van der Waals surface area contributed by atoms with Gasteiger partial charge in [0, 0.05) is 12.8 Å². The largest absolute Gasteiger partial charge is 0.374 e. The average Bonchev–Trinajstić information content (AvgIpc) is 1.82. The number of aliphatic hydroxyl groups is 2. The van der Waals surface area contributed by atoms with Crippen molar-refractivity contribution >= 4 is 36.7 Å². The Morgan fingerprint density at radius 1 is 1.00 bits per heavy atom. The van der Waals surface area contributed by atoms with E-state index in [1.165, 1.54) is 0 Å². The standard InChI is InChI=1S/C6H10N2O2S2/c7-3-1-5(9,11)4(8)2-6(3,10)12/h7-12H,1-2H2. The van der Waals surface area contributed by atoms with Gasteiger partial charge >= 0.3 is 0 Å². The second kappa shape index (κ2) is 2.73. The van der Waals surface area contributed by atoms with Crippen molar-refractivity contribution in [2.45, 2.75) is 22.7 Å². The van der Waals surface area contributed by atoms with Crippen molar-refractivity contribution in [2.24, 2.45) is 0 Å². The Hall–Kier alpha value is -0.0400. The summed E-state index contributed by atoms with van der Waals surface area (Å²) in [7, 11) is 0. The van der Waals surface area contributed by atoms with Crippen molar-refractivity contribution in [2.75, 3.05) is 0 Å². The van der Waals surface area contributed by atoms with E-state index in [1.54, 1.807) is 0 Å². The summed E-state index contributed by atoms with van der Waals surface area (Å²) in [4.78, 5) is -3.18. The molecule has 68 valence electrons. The topological polar surface area (TPSA) is 88.2 Å². The maximum atomic E-state index is 9.40. The molecule has 0 bridgehead atoms. The van der Waals surface area contributed by atoms with Gasteiger partial charge in [-0.2, -0.15) is 0 Å². The Morgan fingerprint density at radius 3 is 1.50 bits per heavy atom. The van der Waals surface area contributed by atoms with E-state index in [0.29, 0.717) is 0 Å². The molecule has 0 aliphatic heterocycles. The first-order valence-corrected chi connectivity index (χ1v) is 4.20. The van der Waals surface area contributed by atoms with Gasteiger partial charge in [-0.05, 0) is 0 Å². The van der Waals surface area contributed by atoms with Gasteiger partial charge in [0.05, 0.1) is 11.4 Å². The zero-order valence-electron chi connectivity index (χ0n) is 6.20. The molecule has 0 aromatic rings. The second-order valence-electron chi connectivity index (χ2n) is 2.94. The summed E-state index contributed by atoms with van der Waals surface area (Å²) in [6.07, 6.45) is -0.316. The fourth-order valence-electron chi connectivity index (χ4n) is 0.990. The fraction of sp³-hybridized carbons (Fsp3) is 0.667. The maximum absolute atomic E-state index is 9.40. The molecular formula is C6H10N2O2S2. The van der Waals surface area contributed by atoms with Crippen LogP contribution in [0.1, 0.15) is 12.8 Å². The molecule has 0 spiro atoms. The average molecular weight is 206 g/mol. The lowest BCUT2D eigenvalue weighted by Crippen LogP contribution is -2.50. The maximum Gasteiger partial charge on any atom is 0.151 e. The van der Waals surface area contributed by atoms with Gasteiger partial charge in [0.15, 0.2) is 9.87 Å². The van der Waals surface area contributed by atoms with Gasteiger partial charge in [-0.3, -0.25) is 0 Å². The zero-order chi connectivity index (χ0) is 9.57. The predicted octanol–water partition coefficient (Wildman–Crippen LogP) is 0.0565. The molecule has 1 saturated carbocycles. The summed E-state index contributed by atoms with van der Waals surface area (Å²) in [5.74, 6) is 0. The van der Waals surface area contributed by atoms with Crippen molar-refractivity contribution in [3.8, 4) is 0 Å². The number of rotatable bonds is 0. The Labute approximate surface area is 80.8 Å². The smallest absolute Gasteiger partial charge is 0.151 e. The lowest BCUT2D eigenvalue weighted by molar-refractivity contribution is 0.162. The molecule has 0 radical (unpaired) electrons. The molecule has 1 rings (SSSR count). The Bertz CT molecular complexity index is 224. The molecule has 2 atom stereocenters. The van der Waals surface area contributed by atoms with Gasteiger partial charge in [0.1, 0.15) is 0 Å². The van der Waals surface area contributed by atoms with Crippen LogP contribution in [0.5, 0.6) is 0 Å². The summed E-state index contributed by atoms with van der Waals surface area (Å²) >= 11 is 7.59. The summed E-state index contributed by atoms with van der Waals surface area (Å²) in [5, 5.41) is 33.4. The van der Waals surface area contributed by atoms with Crippen LogP contribution in [-0.4, -0.2) is 31.5 Å². The Balaban J connectivity index is 2.91. The highest BCUT2D eigenvalue weighted by molar-refractivity contribution is 7.83. The molecule has 4 nitrogen and oxygen atoms in total. The number of thiol groups is 2. The minimum atomic E-state index is -1.59. The lowest BCUT2D eigenvalue weighted by atomic mass is 9.90. The predicted molar refractivity (Wildman–Crippen MR) is 52.6 cm³/mol. The fourth-order valence-corrected chi connectivity index (χ4v) is 1.46. The van der Waals surface area contributed by atoms with Crippen LogP contribution in [-0.2, 0) is 0 Å². The van der Waals surface area contributed by atoms with Crippen molar-refractivity contribution < 1.29 is 10.2 Å². The molecular weight excluding hydrogens is 196 g/mol. The second-order valence-corrected chi connectivity index (χ2v) is 4.42. The number of nitrogens with one attached hydrogen (secondary N) is 2. The van der Waals surface area contributed by atoms with Gasteiger partial charge in [0.25, 0.3) is 0 Å². The summed E-state index contributed by atoms with van der Waals surface area (Å²) in [5.41, 5.74) is -0.223. The van der Waals surface area contributed by atoms with E-state index in [4.69, 9.17) is 10.8 Å². The highest BCUT2D eigenvalue weighted by Crippen LogP contribution is 2.34. The number of hydrogen-bond donors (Lipinski definition) is 6. The normalized spacial score (nSPS) is 43.3. The Kier molecular flexibility index (Phi) is 2.28. The van der Waals surface area contributed by atoms with Crippen LogP contribution in [0.3, 0.4) is 0 Å². The van der Waals surface area contributed by atoms with Crippen LogP contribution < -0.4 is 0 Å². The van der Waals surface area contributed by atoms with Crippen LogP contribution >= 0.6 is 25.3 Å². The van der Waals surface area contributed by atoms with E-state index in [1.807, 2.05) is 0 Å². The molecule has 6 heteroatoms. The van der Waals surface area contributed by atoms with Gasteiger partial charge in [-0.15, -0.1) is 25.3 Å². The Morgan fingerprint density at radius 2 is 1.25 bits per heavy atom. The molecule has 0 amide bonds. The van der Waals surface area contributed by atoms with Crippen molar-refractivity contribution in [3.05, 3.63) is 0 Å². The van der Waals surface area contributed by atoms with Crippen LogP contribution in [0.4, 0.5) is 0 Å². The summed E-state index contributed by atoms with van der Waals surface area (Å²) in [6, 6.07) is 0. The third-order valence-electron chi connectivity index (χ3n) is 1.81. The molecule has 0 aromatic heterocycles. The molecule has 4 N–H and O–H groups in total. The quantitative estimate of drug-likeness (QED) is 0.250. The molecule has 2 unspecified atom stereocenters. The van der Waals surface area contributed by atoms with E-state index in [2.05, 4.69) is 25.3 Å². The molecule has 1 aliphatic rings. The van der Waals surface area contributed by atoms with Crippen molar-refractivity contribution in [1.29, 1.82) is 10.8 Å². The minimum Gasteiger partial charge on any atom is -0.374 e. The van der Waals surface area contributed by atoms with Gasteiger partial charge in [-0.1, -0.05) is 0 Å². The molecule has 12 heavy (non-hydrogen) atoms. The van der Waals surface area contributed by atoms with E-state index < -0.39 is 9.87 Å². The third-order valence-corrected chi connectivity index (χ3v) is 2.67. The van der Waals surface area contributed by atoms with E-state index in [0.717, 1.165) is 0 Å². The first-order chi connectivity index (χ1) is 5.26. The SMILES string of the molecule is N=C1CC(O)(S)C(=N)CC1(O)S. The van der Waals surface area contributed by atoms with Crippen LogP contribution in [0, 0.1) is 10.8 Å². The monoisotopic (exact) mass is 206 g/mol. The molecule has 1 fully saturated rings. The van der Waals surface area contributed by atoms with Crippen LogP contribution in [0.15, 0.2) is 0 Å². The van der Waals surface area contributed by atoms with Gasteiger partial charge < -0.3 is 21.0 Å². The van der Waals surface area contributed by atoms with Gasteiger partial charge in [-0.25, -0.2) is 0 Å². The molecule has 0 saturated heterocycles.